The van der Waals surface area contributed by atoms with Gasteiger partial charge in [0.1, 0.15) is 11.7 Å². The molecule has 1 aliphatic heterocycles. The number of aromatic nitrogens is 3. The lowest BCUT2D eigenvalue weighted by Crippen LogP contribution is -2.49. The Bertz CT molecular complexity index is 785. The highest BCUT2D eigenvalue weighted by molar-refractivity contribution is 6.01. The number of anilines is 1. The Labute approximate surface area is 152 Å². The van der Waals surface area contributed by atoms with Crippen molar-refractivity contribution in [2.75, 3.05) is 31.1 Å². The molecular formula is C18H24N8. The van der Waals surface area contributed by atoms with Crippen molar-refractivity contribution in [3.8, 4) is 0 Å². The zero-order valence-electron chi connectivity index (χ0n) is 14.7. The monoisotopic (exact) mass is 352 g/mol. The first kappa shape index (κ1) is 16.6. The number of piperazine rings is 1. The summed E-state index contributed by atoms with van der Waals surface area (Å²) in [4.78, 5) is 12.9. The molecule has 2 aliphatic rings. The number of nitrogens with two attached hydrogens (primary N) is 1. The summed E-state index contributed by atoms with van der Waals surface area (Å²) in [7, 11) is 0. The van der Waals surface area contributed by atoms with Gasteiger partial charge in [0, 0.05) is 50.1 Å². The van der Waals surface area contributed by atoms with Gasteiger partial charge in [-0.15, -0.1) is 0 Å². The molecule has 0 atom stereocenters. The zero-order chi connectivity index (χ0) is 17.9. The van der Waals surface area contributed by atoms with Crippen molar-refractivity contribution in [1.29, 1.82) is 5.41 Å². The number of rotatable bonds is 5. The third-order valence-corrected chi connectivity index (χ3v) is 4.88. The molecule has 0 bridgehead atoms. The lowest BCUT2D eigenvalue weighted by Gasteiger charge is -2.37. The summed E-state index contributed by atoms with van der Waals surface area (Å²) >= 11 is 0. The molecule has 0 radical (unpaired) electrons. The quantitative estimate of drug-likeness (QED) is 0.562. The average Bonchev–Trinajstić information content (AvgIpc) is 3.42. The van der Waals surface area contributed by atoms with Gasteiger partial charge < -0.3 is 15.5 Å². The fourth-order valence-corrected chi connectivity index (χ4v) is 3.23. The van der Waals surface area contributed by atoms with Crippen LogP contribution < -0.4 is 10.6 Å². The summed E-state index contributed by atoms with van der Waals surface area (Å²) in [6.07, 6.45) is 6.45. The van der Waals surface area contributed by atoms with Crippen LogP contribution in [0.15, 0.2) is 35.6 Å². The summed E-state index contributed by atoms with van der Waals surface area (Å²) in [5.41, 5.74) is 8.31. The molecule has 1 saturated carbocycles. The van der Waals surface area contributed by atoms with E-state index in [2.05, 4.69) is 36.0 Å². The molecule has 0 amide bonds. The van der Waals surface area contributed by atoms with Gasteiger partial charge in [0.05, 0.1) is 18.3 Å². The zero-order valence-corrected chi connectivity index (χ0v) is 14.7. The van der Waals surface area contributed by atoms with Crippen LogP contribution in [0, 0.1) is 5.41 Å². The minimum Gasteiger partial charge on any atom is -0.387 e. The molecule has 3 heterocycles. The van der Waals surface area contributed by atoms with E-state index in [-0.39, 0.29) is 0 Å². The van der Waals surface area contributed by atoms with Gasteiger partial charge in [0.25, 0.3) is 0 Å². The maximum atomic E-state index is 8.34. The van der Waals surface area contributed by atoms with Gasteiger partial charge in [0.15, 0.2) is 5.82 Å². The summed E-state index contributed by atoms with van der Waals surface area (Å²) in [6, 6.07) is 5.98. The summed E-state index contributed by atoms with van der Waals surface area (Å²) in [6.45, 7) is 3.34. The number of hydrogen-bond donors (Lipinski definition) is 3. The van der Waals surface area contributed by atoms with Crippen molar-refractivity contribution in [2.45, 2.75) is 25.2 Å². The minimum atomic E-state index is 0.346. The average molecular weight is 352 g/mol. The molecule has 4 rings (SSSR count). The van der Waals surface area contributed by atoms with E-state index >= 15 is 0 Å². The van der Waals surface area contributed by atoms with Crippen LogP contribution in [-0.2, 0) is 0 Å². The van der Waals surface area contributed by atoms with Gasteiger partial charge in [0.2, 0.25) is 0 Å². The number of nitrogens with one attached hydrogen (secondary N) is 2. The smallest absolute Gasteiger partial charge is 0.175 e. The van der Waals surface area contributed by atoms with Gasteiger partial charge in [-0.2, -0.15) is 5.10 Å². The number of amidine groups is 2. The number of hydrogen-bond acceptors (Lipinski definition) is 5. The number of aromatic amines is 1. The Balaban J connectivity index is 1.29. The minimum absolute atomic E-state index is 0.346. The molecule has 8 heteroatoms. The predicted octanol–water partition coefficient (Wildman–Crippen LogP) is 1.86. The molecule has 4 N–H and O–H groups in total. The van der Waals surface area contributed by atoms with Crippen molar-refractivity contribution in [1.82, 2.24) is 20.1 Å². The van der Waals surface area contributed by atoms with Crippen molar-refractivity contribution in [2.24, 2.45) is 10.7 Å². The van der Waals surface area contributed by atoms with Crippen LogP contribution in [0.3, 0.4) is 0 Å². The molecular weight excluding hydrogens is 328 g/mol. The van der Waals surface area contributed by atoms with Crippen LogP contribution in [0.2, 0.25) is 0 Å². The predicted molar refractivity (Wildman–Crippen MR) is 102 cm³/mol. The molecule has 0 unspecified atom stereocenters. The van der Waals surface area contributed by atoms with Crippen molar-refractivity contribution in [3.63, 3.8) is 0 Å². The number of aliphatic imine (C=N–C) groups is 1. The second kappa shape index (κ2) is 7.15. The van der Waals surface area contributed by atoms with Crippen molar-refractivity contribution >= 4 is 23.2 Å². The van der Waals surface area contributed by atoms with Crippen LogP contribution in [0.25, 0.3) is 0 Å². The van der Waals surface area contributed by atoms with E-state index in [4.69, 9.17) is 11.1 Å². The van der Waals surface area contributed by atoms with Crippen LogP contribution in [0.5, 0.6) is 0 Å². The van der Waals surface area contributed by atoms with Gasteiger partial charge in [-0.1, -0.05) is 0 Å². The largest absolute Gasteiger partial charge is 0.387 e. The van der Waals surface area contributed by atoms with Gasteiger partial charge in [-0.25, -0.2) is 4.99 Å². The third-order valence-electron chi connectivity index (χ3n) is 4.88. The summed E-state index contributed by atoms with van der Waals surface area (Å²) in [5, 5.41) is 15.6. The Morgan fingerprint density at radius 1 is 1.31 bits per heavy atom. The number of H-pyrrole nitrogens is 1. The van der Waals surface area contributed by atoms with E-state index in [1.807, 2.05) is 18.3 Å². The second-order valence-electron chi connectivity index (χ2n) is 6.87. The Hall–Kier alpha value is -2.90. The van der Waals surface area contributed by atoms with Gasteiger partial charge in [-0.3, -0.25) is 15.5 Å². The van der Waals surface area contributed by atoms with E-state index in [1.165, 1.54) is 12.8 Å². The SMILES string of the molecule is N=C(CC(N)=Nc1cc(C2CC2)[nH]n1)N1CCN(c2cccnc2)CC1. The van der Waals surface area contributed by atoms with Crippen LogP contribution >= 0.6 is 0 Å². The summed E-state index contributed by atoms with van der Waals surface area (Å²) < 4.78 is 0. The van der Waals surface area contributed by atoms with Crippen LogP contribution in [-0.4, -0.2) is 57.9 Å². The highest BCUT2D eigenvalue weighted by Gasteiger charge is 2.25. The first-order chi connectivity index (χ1) is 12.7. The van der Waals surface area contributed by atoms with Crippen molar-refractivity contribution in [3.05, 3.63) is 36.3 Å². The maximum Gasteiger partial charge on any atom is 0.175 e. The molecule has 2 aromatic heterocycles. The highest BCUT2D eigenvalue weighted by Crippen LogP contribution is 2.39. The number of pyridine rings is 1. The molecule has 26 heavy (non-hydrogen) atoms. The van der Waals surface area contributed by atoms with E-state index in [0.717, 1.165) is 37.6 Å². The highest BCUT2D eigenvalue weighted by atomic mass is 15.3. The van der Waals surface area contributed by atoms with E-state index < -0.39 is 0 Å². The van der Waals surface area contributed by atoms with Crippen molar-refractivity contribution < 1.29 is 0 Å². The molecule has 136 valence electrons. The first-order valence-corrected chi connectivity index (χ1v) is 9.05. The standard InChI is InChI=1S/C18H24N8/c19-16(22-18-10-15(23-24-18)13-3-4-13)11-17(20)26-8-6-25(7-9-26)14-2-1-5-21-12-14/h1-2,5,10,12-13,20H,3-4,6-9,11H2,(H3,19,22,23,24). The normalized spacial score (nSPS) is 18.2. The lowest BCUT2D eigenvalue weighted by molar-refractivity contribution is 0.379. The summed E-state index contributed by atoms with van der Waals surface area (Å²) in [5.74, 6) is 2.16. The molecule has 2 fully saturated rings. The van der Waals surface area contributed by atoms with E-state index in [9.17, 15) is 0 Å². The molecule has 1 aliphatic carbocycles. The molecule has 8 nitrogen and oxygen atoms in total. The third kappa shape index (κ3) is 3.84. The molecule has 2 aromatic rings. The fourth-order valence-electron chi connectivity index (χ4n) is 3.23. The Morgan fingerprint density at radius 3 is 2.81 bits per heavy atom. The Morgan fingerprint density at radius 2 is 2.12 bits per heavy atom. The maximum absolute atomic E-state index is 8.34. The molecule has 0 spiro atoms. The topological polar surface area (TPSA) is 110 Å². The molecule has 0 aromatic carbocycles. The molecule has 1 saturated heterocycles. The second-order valence-corrected chi connectivity index (χ2v) is 6.87. The van der Waals surface area contributed by atoms with E-state index in [0.29, 0.717) is 29.8 Å². The van der Waals surface area contributed by atoms with E-state index in [1.54, 1.807) is 6.20 Å². The first-order valence-electron chi connectivity index (χ1n) is 9.05. The lowest BCUT2D eigenvalue weighted by atomic mass is 10.2. The Kier molecular flexibility index (Phi) is 4.55. The van der Waals surface area contributed by atoms with Gasteiger partial charge >= 0.3 is 0 Å². The number of nitrogens with zero attached hydrogens (tertiary/aromatic N) is 5. The van der Waals surface area contributed by atoms with Gasteiger partial charge in [-0.05, 0) is 25.0 Å². The van der Waals surface area contributed by atoms with Crippen LogP contribution in [0.4, 0.5) is 11.5 Å². The van der Waals surface area contributed by atoms with Crippen LogP contribution in [0.1, 0.15) is 30.9 Å². The fraction of sp³-hybridized carbons (Fsp3) is 0.444.